The third kappa shape index (κ3) is 6.16. The molecule has 0 unspecified atom stereocenters. The van der Waals surface area contributed by atoms with E-state index in [-0.39, 0.29) is 30.8 Å². The van der Waals surface area contributed by atoms with Gasteiger partial charge in [0.05, 0.1) is 27.1 Å². The van der Waals surface area contributed by atoms with Gasteiger partial charge in [-0.05, 0) is 17.7 Å². The van der Waals surface area contributed by atoms with E-state index >= 15 is 0 Å². The van der Waals surface area contributed by atoms with Gasteiger partial charge in [0, 0.05) is 17.1 Å². The van der Waals surface area contributed by atoms with Crippen LogP contribution in [0.4, 0.5) is 0 Å². The van der Waals surface area contributed by atoms with Gasteiger partial charge >= 0.3 is 11.9 Å². The maximum atomic E-state index is 11.3. The summed E-state index contributed by atoms with van der Waals surface area (Å²) in [6.45, 7) is 0.561. The minimum Gasteiger partial charge on any atom is -0.469 e. The Bertz CT molecular complexity index is 429. The fourth-order valence-electron chi connectivity index (χ4n) is 1.65. The van der Waals surface area contributed by atoms with Crippen molar-refractivity contribution in [2.24, 2.45) is 0 Å². The van der Waals surface area contributed by atoms with Crippen molar-refractivity contribution < 1.29 is 19.1 Å². The number of hydrogen-bond donors (Lipinski definition) is 1. The zero-order valence-corrected chi connectivity index (χ0v) is 13.1. The smallest absolute Gasteiger partial charge is 0.307 e. The average Bonchev–Trinajstić information content (AvgIpc) is 2.46. The number of ether oxygens (including phenoxy) is 2. The second kappa shape index (κ2) is 8.71. The van der Waals surface area contributed by atoms with E-state index in [1.165, 1.54) is 14.2 Å². The molecular weight excluding hydrogens is 326 g/mol. The molecule has 0 aromatic heterocycles. The Kier molecular flexibility index (Phi) is 7.25. The lowest BCUT2D eigenvalue weighted by molar-refractivity contribution is -0.143. The number of methoxy groups -OCH3 is 2. The average molecular weight is 344 g/mol. The van der Waals surface area contributed by atoms with Gasteiger partial charge in [0.25, 0.3) is 0 Å². The minimum absolute atomic E-state index is 0.127. The zero-order chi connectivity index (χ0) is 15.0. The first kappa shape index (κ1) is 16.7. The quantitative estimate of drug-likeness (QED) is 0.767. The highest BCUT2D eigenvalue weighted by molar-refractivity contribution is 9.10. The summed E-state index contributed by atoms with van der Waals surface area (Å²) in [4.78, 5) is 22.7. The van der Waals surface area contributed by atoms with Gasteiger partial charge < -0.3 is 14.8 Å². The number of carbonyl (C=O) groups excluding carboxylic acids is 2. The molecule has 5 nitrogen and oxygen atoms in total. The van der Waals surface area contributed by atoms with Crippen LogP contribution in [0.25, 0.3) is 0 Å². The lowest BCUT2D eigenvalue weighted by Crippen LogP contribution is -2.33. The number of esters is 2. The molecule has 0 saturated heterocycles. The van der Waals surface area contributed by atoms with Crippen molar-refractivity contribution in [1.29, 1.82) is 0 Å². The van der Waals surface area contributed by atoms with E-state index < -0.39 is 0 Å². The van der Waals surface area contributed by atoms with E-state index in [2.05, 4.69) is 30.7 Å². The van der Waals surface area contributed by atoms with Gasteiger partial charge in [0.1, 0.15) is 0 Å². The Morgan fingerprint density at radius 2 is 1.60 bits per heavy atom. The van der Waals surface area contributed by atoms with Crippen molar-refractivity contribution in [3.05, 3.63) is 34.3 Å². The topological polar surface area (TPSA) is 64.6 Å². The van der Waals surface area contributed by atoms with E-state index in [1.807, 2.05) is 24.3 Å². The molecule has 0 aliphatic carbocycles. The Hall–Kier alpha value is -1.40. The second-order valence-corrected chi connectivity index (χ2v) is 5.18. The van der Waals surface area contributed by atoms with E-state index in [1.54, 1.807) is 0 Å². The Morgan fingerprint density at radius 3 is 2.05 bits per heavy atom. The van der Waals surface area contributed by atoms with Gasteiger partial charge in [-0.2, -0.15) is 0 Å². The van der Waals surface area contributed by atoms with Gasteiger partial charge in [0.15, 0.2) is 0 Å². The Balaban J connectivity index is 2.56. The summed E-state index contributed by atoms with van der Waals surface area (Å²) in [6, 6.07) is 7.49. The summed E-state index contributed by atoms with van der Waals surface area (Å²) in [6.07, 6.45) is 0.254. The van der Waals surface area contributed by atoms with Crippen LogP contribution < -0.4 is 5.32 Å². The molecule has 0 fully saturated rings. The molecule has 6 heteroatoms. The van der Waals surface area contributed by atoms with Crippen molar-refractivity contribution in [2.45, 2.75) is 25.4 Å². The van der Waals surface area contributed by atoms with Crippen LogP contribution in [0.5, 0.6) is 0 Å². The van der Waals surface area contributed by atoms with Gasteiger partial charge in [-0.25, -0.2) is 0 Å². The van der Waals surface area contributed by atoms with Crippen LogP contribution in [0.2, 0.25) is 0 Å². The standard InChI is InChI=1S/C14H18BrNO4/c1-19-13(17)7-12(8-14(18)20-2)16-9-10-3-5-11(15)6-4-10/h3-6,12,16H,7-9H2,1-2H3. The Morgan fingerprint density at radius 1 is 1.10 bits per heavy atom. The molecule has 0 heterocycles. The van der Waals surface area contributed by atoms with Crippen molar-refractivity contribution >= 4 is 27.9 Å². The lowest BCUT2D eigenvalue weighted by Gasteiger charge is -2.16. The molecule has 0 aliphatic heterocycles. The van der Waals surface area contributed by atoms with Crippen LogP contribution in [-0.2, 0) is 25.6 Å². The largest absolute Gasteiger partial charge is 0.469 e. The number of halogens is 1. The van der Waals surface area contributed by atoms with Crippen molar-refractivity contribution in [3.8, 4) is 0 Å². The molecule has 1 N–H and O–H groups in total. The molecule has 110 valence electrons. The zero-order valence-electron chi connectivity index (χ0n) is 11.5. The molecule has 1 rings (SSSR count). The van der Waals surface area contributed by atoms with Gasteiger partial charge in [-0.3, -0.25) is 9.59 Å². The summed E-state index contributed by atoms with van der Waals surface area (Å²) in [5.41, 5.74) is 1.06. The van der Waals surface area contributed by atoms with Gasteiger partial charge in [-0.15, -0.1) is 0 Å². The van der Waals surface area contributed by atoms with Crippen LogP contribution in [0, 0.1) is 0 Å². The first-order valence-corrected chi connectivity index (χ1v) is 6.96. The maximum Gasteiger partial charge on any atom is 0.307 e. The van der Waals surface area contributed by atoms with Crippen LogP contribution in [0.1, 0.15) is 18.4 Å². The summed E-state index contributed by atoms with van der Waals surface area (Å²) < 4.78 is 10.3. The molecule has 1 aromatic carbocycles. The first-order valence-electron chi connectivity index (χ1n) is 6.16. The minimum atomic E-state index is -0.359. The SMILES string of the molecule is COC(=O)CC(CC(=O)OC)NCc1ccc(Br)cc1. The summed E-state index contributed by atoms with van der Waals surface area (Å²) in [5.74, 6) is -0.718. The monoisotopic (exact) mass is 343 g/mol. The van der Waals surface area contributed by atoms with E-state index in [0.717, 1.165) is 10.0 Å². The molecule has 20 heavy (non-hydrogen) atoms. The molecule has 0 spiro atoms. The number of nitrogens with one attached hydrogen (secondary N) is 1. The third-order valence-corrected chi connectivity index (χ3v) is 3.32. The van der Waals surface area contributed by atoms with Crippen LogP contribution in [0.15, 0.2) is 28.7 Å². The van der Waals surface area contributed by atoms with Gasteiger partial charge in [-0.1, -0.05) is 28.1 Å². The van der Waals surface area contributed by atoms with Crippen molar-refractivity contribution in [1.82, 2.24) is 5.32 Å². The number of benzene rings is 1. The van der Waals surface area contributed by atoms with E-state index in [9.17, 15) is 9.59 Å². The molecule has 0 aliphatic rings. The van der Waals surface area contributed by atoms with Crippen LogP contribution >= 0.6 is 15.9 Å². The number of hydrogen-bond acceptors (Lipinski definition) is 5. The molecule has 0 amide bonds. The summed E-state index contributed by atoms with van der Waals surface area (Å²) in [5, 5.41) is 3.17. The predicted molar refractivity (Wildman–Crippen MR) is 78.0 cm³/mol. The normalized spacial score (nSPS) is 10.4. The highest BCUT2D eigenvalue weighted by atomic mass is 79.9. The maximum absolute atomic E-state index is 11.3. The van der Waals surface area contributed by atoms with Gasteiger partial charge in [0.2, 0.25) is 0 Å². The fraction of sp³-hybridized carbons (Fsp3) is 0.429. The summed E-state index contributed by atoms with van der Waals surface area (Å²) >= 11 is 3.37. The molecular formula is C14H18BrNO4. The molecule has 0 atom stereocenters. The predicted octanol–water partition coefficient (Wildman–Crippen LogP) is 2.03. The third-order valence-electron chi connectivity index (χ3n) is 2.79. The van der Waals surface area contributed by atoms with Crippen LogP contribution in [0.3, 0.4) is 0 Å². The lowest BCUT2D eigenvalue weighted by atomic mass is 10.1. The van der Waals surface area contributed by atoms with Crippen molar-refractivity contribution in [2.75, 3.05) is 14.2 Å². The molecule has 1 aromatic rings. The first-order chi connectivity index (χ1) is 9.55. The highest BCUT2D eigenvalue weighted by Gasteiger charge is 2.18. The molecule has 0 bridgehead atoms. The highest BCUT2D eigenvalue weighted by Crippen LogP contribution is 2.11. The second-order valence-electron chi connectivity index (χ2n) is 4.26. The van der Waals surface area contributed by atoms with Crippen molar-refractivity contribution in [3.63, 3.8) is 0 Å². The Labute approximate surface area is 126 Å². The molecule has 0 saturated carbocycles. The van der Waals surface area contributed by atoms with E-state index in [4.69, 9.17) is 0 Å². The van der Waals surface area contributed by atoms with Crippen LogP contribution in [-0.4, -0.2) is 32.2 Å². The molecule has 0 radical (unpaired) electrons. The number of carbonyl (C=O) groups is 2. The summed E-state index contributed by atoms with van der Waals surface area (Å²) in [7, 11) is 2.65. The number of rotatable bonds is 7. The fourth-order valence-corrected chi connectivity index (χ4v) is 1.91. The van der Waals surface area contributed by atoms with E-state index in [0.29, 0.717) is 6.54 Å².